The third kappa shape index (κ3) is 7.92. The summed E-state index contributed by atoms with van der Waals surface area (Å²) in [5, 5.41) is 2.68. The topological polar surface area (TPSA) is 73.3 Å². The van der Waals surface area contributed by atoms with Crippen LogP contribution in [0, 0.1) is 0 Å². The maximum Gasteiger partial charge on any atom is 0.311 e. The zero-order valence-electron chi connectivity index (χ0n) is 14.2. The second-order valence-electron chi connectivity index (χ2n) is 5.92. The first-order chi connectivity index (χ1) is 10.8. The molecule has 0 bridgehead atoms. The van der Waals surface area contributed by atoms with Crippen LogP contribution >= 0.6 is 11.3 Å². The minimum atomic E-state index is -2.89. The van der Waals surface area contributed by atoms with E-state index in [4.69, 9.17) is 0 Å². The lowest BCUT2D eigenvalue weighted by Gasteiger charge is -2.07. The number of esters is 1. The van der Waals surface area contributed by atoms with E-state index in [2.05, 4.69) is 9.72 Å². The molecule has 0 aromatic carbocycles. The van der Waals surface area contributed by atoms with Crippen LogP contribution in [0.25, 0.3) is 0 Å². The van der Waals surface area contributed by atoms with Crippen LogP contribution in [0.15, 0.2) is 5.38 Å². The van der Waals surface area contributed by atoms with Crippen molar-refractivity contribution < 1.29 is 17.9 Å². The molecule has 0 aliphatic carbocycles. The van der Waals surface area contributed by atoms with Crippen molar-refractivity contribution in [3.63, 3.8) is 0 Å². The molecule has 0 amide bonds. The van der Waals surface area contributed by atoms with Gasteiger partial charge in [0.15, 0.2) is 9.84 Å². The Bertz CT molecular complexity index is 579. The van der Waals surface area contributed by atoms with Gasteiger partial charge in [-0.1, -0.05) is 19.3 Å². The Labute approximate surface area is 143 Å². The molecule has 0 N–H and O–H groups in total. The number of carbonyl (C=O) groups excluding carboxylic acids is 1. The quantitative estimate of drug-likeness (QED) is 0.447. The molecular formula is C16H27NO4S2. The van der Waals surface area contributed by atoms with E-state index in [1.54, 1.807) is 25.2 Å². The van der Waals surface area contributed by atoms with Crippen LogP contribution in [-0.4, -0.2) is 37.5 Å². The lowest BCUT2D eigenvalue weighted by molar-refractivity contribution is -0.139. The minimum Gasteiger partial charge on any atom is -0.469 e. The van der Waals surface area contributed by atoms with Crippen molar-refractivity contribution in [2.45, 2.75) is 64.0 Å². The zero-order valence-corrected chi connectivity index (χ0v) is 15.8. The fraction of sp³-hybridized carbons (Fsp3) is 0.750. The number of aryl methyl sites for hydroxylation is 1. The predicted octanol–water partition coefficient (Wildman–Crippen LogP) is 3.17. The second kappa shape index (κ2) is 10.0. The third-order valence-corrected chi connectivity index (χ3v) is 6.94. The van der Waals surface area contributed by atoms with Crippen LogP contribution in [-0.2, 0) is 32.2 Å². The van der Waals surface area contributed by atoms with Gasteiger partial charge in [0.1, 0.15) is 0 Å². The molecule has 0 unspecified atom stereocenters. The van der Waals surface area contributed by atoms with E-state index in [0.29, 0.717) is 5.75 Å². The minimum absolute atomic E-state index is 0.233. The van der Waals surface area contributed by atoms with Crippen molar-refractivity contribution in [3.05, 3.63) is 16.1 Å². The third-order valence-electron chi connectivity index (χ3n) is 3.69. The monoisotopic (exact) mass is 361 g/mol. The van der Waals surface area contributed by atoms with Crippen molar-refractivity contribution in [2.24, 2.45) is 0 Å². The number of hydrogen-bond donors (Lipinski definition) is 0. The highest BCUT2D eigenvalue weighted by atomic mass is 32.2. The fourth-order valence-electron chi connectivity index (χ4n) is 2.11. The Balaban J connectivity index is 2.13. The van der Waals surface area contributed by atoms with E-state index < -0.39 is 9.84 Å². The van der Waals surface area contributed by atoms with Gasteiger partial charge in [0, 0.05) is 5.38 Å². The summed E-state index contributed by atoms with van der Waals surface area (Å²) in [6, 6.07) is 0. The molecule has 1 aromatic heterocycles. The Hall–Kier alpha value is -0.950. The van der Waals surface area contributed by atoms with Crippen molar-refractivity contribution >= 4 is 27.1 Å². The number of methoxy groups -OCH3 is 1. The van der Waals surface area contributed by atoms with Crippen LogP contribution in [0.3, 0.4) is 0 Å². The summed E-state index contributed by atoms with van der Waals surface area (Å²) >= 11 is 1.58. The van der Waals surface area contributed by atoms with E-state index in [-0.39, 0.29) is 17.6 Å². The van der Waals surface area contributed by atoms with Crippen LogP contribution in [0.4, 0.5) is 0 Å². The van der Waals surface area contributed by atoms with Gasteiger partial charge in [0.2, 0.25) is 0 Å². The predicted molar refractivity (Wildman–Crippen MR) is 93.5 cm³/mol. The maximum absolute atomic E-state index is 11.7. The summed E-state index contributed by atoms with van der Waals surface area (Å²) in [6.07, 6.45) is 6.02. The van der Waals surface area contributed by atoms with Crippen LogP contribution in [0.2, 0.25) is 0 Å². The maximum atomic E-state index is 11.7. The molecule has 1 rings (SSSR count). The molecule has 7 heteroatoms. The van der Waals surface area contributed by atoms with Crippen LogP contribution < -0.4 is 0 Å². The first-order valence-electron chi connectivity index (χ1n) is 8.07. The summed E-state index contributed by atoms with van der Waals surface area (Å²) in [5.74, 6) is 0.0341. The standard InChI is InChI=1S/C16H27NO4S2/c1-13(2)23(19,20)10-8-6-4-5-7-9-15-17-14(12-22-15)11-16(18)21-3/h12-13H,4-11H2,1-3H3. The van der Waals surface area contributed by atoms with Crippen molar-refractivity contribution in [1.29, 1.82) is 0 Å². The zero-order chi connectivity index (χ0) is 17.3. The Morgan fingerprint density at radius 3 is 2.52 bits per heavy atom. The number of hydrogen-bond acceptors (Lipinski definition) is 6. The van der Waals surface area contributed by atoms with E-state index in [0.717, 1.165) is 49.2 Å². The number of aromatic nitrogens is 1. The number of rotatable bonds is 11. The van der Waals surface area contributed by atoms with Crippen molar-refractivity contribution in [3.8, 4) is 0 Å². The van der Waals surface area contributed by atoms with Gasteiger partial charge in [0.25, 0.3) is 0 Å². The molecule has 0 atom stereocenters. The number of carbonyl (C=O) groups is 1. The lowest BCUT2D eigenvalue weighted by atomic mass is 10.1. The molecule has 0 fully saturated rings. The average Bonchev–Trinajstić information content (AvgIpc) is 2.93. The lowest BCUT2D eigenvalue weighted by Crippen LogP contribution is -2.17. The highest BCUT2D eigenvalue weighted by Gasteiger charge is 2.14. The molecular weight excluding hydrogens is 334 g/mol. The summed E-state index contributed by atoms with van der Waals surface area (Å²) in [4.78, 5) is 15.6. The summed E-state index contributed by atoms with van der Waals surface area (Å²) < 4.78 is 28.0. The van der Waals surface area contributed by atoms with E-state index in [1.807, 2.05) is 5.38 Å². The van der Waals surface area contributed by atoms with E-state index in [9.17, 15) is 13.2 Å². The number of unbranched alkanes of at least 4 members (excludes halogenated alkanes) is 4. The van der Waals surface area contributed by atoms with Crippen molar-refractivity contribution in [1.82, 2.24) is 4.98 Å². The molecule has 1 aromatic rings. The molecule has 0 saturated carbocycles. The molecule has 5 nitrogen and oxygen atoms in total. The number of thiazole rings is 1. The first kappa shape index (κ1) is 20.1. The van der Waals surface area contributed by atoms with Crippen molar-refractivity contribution in [2.75, 3.05) is 12.9 Å². The normalized spacial score (nSPS) is 11.8. The van der Waals surface area contributed by atoms with Crippen LogP contribution in [0.1, 0.15) is 56.7 Å². The average molecular weight is 362 g/mol. The van der Waals surface area contributed by atoms with Gasteiger partial charge in [-0.25, -0.2) is 13.4 Å². The molecule has 0 aliphatic rings. The molecule has 0 spiro atoms. The van der Waals surface area contributed by atoms with Gasteiger partial charge >= 0.3 is 5.97 Å². The Kier molecular flexibility index (Phi) is 8.76. The summed E-state index contributed by atoms with van der Waals surface area (Å²) in [7, 11) is -1.51. The van der Waals surface area contributed by atoms with E-state index in [1.165, 1.54) is 7.11 Å². The highest BCUT2D eigenvalue weighted by Crippen LogP contribution is 2.15. The van der Waals surface area contributed by atoms with Gasteiger partial charge in [-0.2, -0.15) is 0 Å². The number of nitrogens with zero attached hydrogens (tertiary/aromatic N) is 1. The van der Waals surface area contributed by atoms with Gasteiger partial charge in [-0.15, -0.1) is 11.3 Å². The largest absolute Gasteiger partial charge is 0.469 e. The SMILES string of the molecule is COC(=O)Cc1csc(CCCCCCCS(=O)(=O)C(C)C)n1. The molecule has 132 valence electrons. The van der Waals surface area contributed by atoms with Gasteiger partial charge in [-0.05, 0) is 33.1 Å². The van der Waals surface area contributed by atoms with Gasteiger partial charge in [-0.3, -0.25) is 4.79 Å². The Morgan fingerprint density at radius 1 is 1.22 bits per heavy atom. The molecule has 0 aliphatic heterocycles. The second-order valence-corrected chi connectivity index (χ2v) is 9.54. The molecule has 0 radical (unpaired) electrons. The van der Waals surface area contributed by atoms with Gasteiger partial charge in [0.05, 0.1) is 35.2 Å². The first-order valence-corrected chi connectivity index (χ1v) is 10.7. The Morgan fingerprint density at radius 2 is 1.87 bits per heavy atom. The number of ether oxygens (including phenoxy) is 1. The summed E-state index contributed by atoms with van der Waals surface area (Å²) in [5.41, 5.74) is 0.774. The smallest absolute Gasteiger partial charge is 0.311 e. The molecule has 23 heavy (non-hydrogen) atoms. The summed E-state index contributed by atoms with van der Waals surface area (Å²) in [6.45, 7) is 3.47. The van der Waals surface area contributed by atoms with Crippen LogP contribution in [0.5, 0.6) is 0 Å². The van der Waals surface area contributed by atoms with Gasteiger partial charge < -0.3 is 4.74 Å². The molecule has 0 saturated heterocycles. The fourth-order valence-corrected chi connectivity index (χ4v) is 4.03. The van der Waals surface area contributed by atoms with E-state index >= 15 is 0 Å². The number of sulfone groups is 1. The molecule has 1 heterocycles. The highest BCUT2D eigenvalue weighted by molar-refractivity contribution is 7.91.